The maximum atomic E-state index is 12.4. The lowest BCUT2D eigenvalue weighted by Crippen LogP contribution is -2.66. The van der Waals surface area contributed by atoms with E-state index in [0.29, 0.717) is 24.2 Å². The second kappa shape index (κ2) is 6.19. The van der Waals surface area contributed by atoms with Gasteiger partial charge < -0.3 is 14.7 Å². The van der Waals surface area contributed by atoms with Crippen molar-refractivity contribution in [1.82, 2.24) is 4.90 Å². The Kier molecular flexibility index (Phi) is 4.21. The van der Waals surface area contributed by atoms with Crippen LogP contribution in [0.5, 0.6) is 5.75 Å². The Bertz CT molecular complexity index is 667. The number of carbonyl (C=O) groups excluding carboxylic acids is 1. The maximum absolute atomic E-state index is 12.4. The Morgan fingerprint density at radius 2 is 1.85 bits per heavy atom. The van der Waals surface area contributed by atoms with E-state index >= 15 is 0 Å². The molecule has 1 aliphatic heterocycles. The van der Waals surface area contributed by atoms with Crippen LogP contribution in [0.3, 0.4) is 0 Å². The number of halogens is 2. The Balaban J connectivity index is 1.20. The molecule has 1 spiro atoms. The van der Waals surface area contributed by atoms with Gasteiger partial charge in [0.25, 0.3) is 0 Å². The summed E-state index contributed by atoms with van der Waals surface area (Å²) in [5, 5.41) is 9.78. The molecule has 4 rings (SSSR count). The Morgan fingerprint density at radius 1 is 1.23 bits per heavy atom. The minimum absolute atomic E-state index is 0.00666. The number of carbonyl (C=O) groups is 1. The SMILES string of the molecule is CC1(O)CC(C(=O)N2CC3(CC(Cc4ccc(OC(F)F)cc4)C3)C2)C1. The van der Waals surface area contributed by atoms with Crippen molar-refractivity contribution in [1.29, 1.82) is 0 Å². The molecule has 0 unspecified atom stereocenters. The van der Waals surface area contributed by atoms with Crippen molar-refractivity contribution in [3.05, 3.63) is 29.8 Å². The molecule has 1 heterocycles. The lowest BCUT2D eigenvalue weighted by molar-refractivity contribution is -0.171. The van der Waals surface area contributed by atoms with Crippen molar-refractivity contribution in [2.45, 2.75) is 51.2 Å². The summed E-state index contributed by atoms with van der Waals surface area (Å²) >= 11 is 0. The summed E-state index contributed by atoms with van der Waals surface area (Å²) in [5.41, 5.74) is 0.779. The molecule has 1 aromatic rings. The van der Waals surface area contributed by atoms with Gasteiger partial charge in [-0.3, -0.25) is 4.79 Å². The van der Waals surface area contributed by atoms with Crippen LogP contribution in [-0.2, 0) is 11.2 Å². The first-order chi connectivity index (χ1) is 12.2. The molecule has 1 amide bonds. The van der Waals surface area contributed by atoms with E-state index in [4.69, 9.17) is 0 Å². The van der Waals surface area contributed by atoms with E-state index in [1.807, 2.05) is 17.0 Å². The number of likely N-dealkylation sites (tertiary alicyclic amines) is 1. The van der Waals surface area contributed by atoms with Crippen LogP contribution < -0.4 is 4.74 Å². The minimum Gasteiger partial charge on any atom is -0.435 e. The largest absolute Gasteiger partial charge is 0.435 e. The summed E-state index contributed by atoms with van der Waals surface area (Å²) < 4.78 is 28.7. The van der Waals surface area contributed by atoms with E-state index in [1.165, 1.54) is 0 Å². The van der Waals surface area contributed by atoms with Crippen molar-refractivity contribution in [3.63, 3.8) is 0 Å². The number of alkyl halides is 2. The first kappa shape index (κ1) is 17.7. The molecule has 2 saturated carbocycles. The first-order valence-corrected chi connectivity index (χ1v) is 9.29. The fraction of sp³-hybridized carbons (Fsp3) is 0.650. The Morgan fingerprint density at radius 3 is 2.38 bits per heavy atom. The van der Waals surface area contributed by atoms with Gasteiger partial charge in [0.15, 0.2) is 0 Å². The van der Waals surface area contributed by atoms with Gasteiger partial charge in [-0.15, -0.1) is 0 Å². The zero-order chi connectivity index (χ0) is 18.5. The fourth-order valence-corrected chi connectivity index (χ4v) is 5.06. The van der Waals surface area contributed by atoms with E-state index in [1.54, 1.807) is 19.1 Å². The highest BCUT2D eigenvalue weighted by molar-refractivity contribution is 5.81. The van der Waals surface area contributed by atoms with Crippen molar-refractivity contribution in [3.8, 4) is 5.75 Å². The van der Waals surface area contributed by atoms with Crippen LogP contribution in [0.1, 0.15) is 38.2 Å². The van der Waals surface area contributed by atoms with Gasteiger partial charge in [0.05, 0.1) is 5.60 Å². The number of hydrogen-bond acceptors (Lipinski definition) is 3. The monoisotopic (exact) mass is 365 g/mol. The van der Waals surface area contributed by atoms with E-state index < -0.39 is 12.2 Å². The summed E-state index contributed by atoms with van der Waals surface area (Å²) in [4.78, 5) is 14.3. The Labute approximate surface area is 152 Å². The first-order valence-electron chi connectivity index (χ1n) is 9.29. The van der Waals surface area contributed by atoms with Gasteiger partial charge in [-0.1, -0.05) is 12.1 Å². The molecule has 0 aromatic heterocycles. The molecule has 2 aliphatic carbocycles. The van der Waals surface area contributed by atoms with Gasteiger partial charge in [-0.05, 0) is 62.6 Å². The molecule has 1 aromatic carbocycles. The van der Waals surface area contributed by atoms with Gasteiger partial charge in [-0.25, -0.2) is 0 Å². The molecule has 0 atom stereocenters. The third kappa shape index (κ3) is 3.43. The third-order valence-corrected chi connectivity index (χ3v) is 6.20. The third-order valence-electron chi connectivity index (χ3n) is 6.20. The molecule has 6 heteroatoms. The quantitative estimate of drug-likeness (QED) is 0.872. The highest BCUT2D eigenvalue weighted by Crippen LogP contribution is 2.54. The van der Waals surface area contributed by atoms with Gasteiger partial charge in [0.2, 0.25) is 5.91 Å². The van der Waals surface area contributed by atoms with Crippen molar-refractivity contribution in [2.75, 3.05) is 13.1 Å². The minimum atomic E-state index is -2.79. The zero-order valence-electron chi connectivity index (χ0n) is 15.0. The molecule has 0 bridgehead atoms. The predicted molar refractivity (Wildman–Crippen MR) is 91.9 cm³/mol. The second-order valence-corrected chi connectivity index (χ2v) is 8.80. The number of aliphatic hydroxyl groups is 1. The van der Waals surface area contributed by atoms with E-state index in [-0.39, 0.29) is 17.6 Å². The number of ether oxygens (including phenoxy) is 1. The standard InChI is InChI=1S/C20H25F2NO3/c1-19(25)9-15(10-19)17(24)23-11-20(12-23)7-14(8-20)6-13-2-4-16(5-3-13)26-18(21)22/h2-5,14-15,18,25H,6-12H2,1H3. The second-order valence-electron chi connectivity index (χ2n) is 8.80. The molecule has 1 saturated heterocycles. The highest BCUT2D eigenvalue weighted by atomic mass is 19.3. The number of benzene rings is 1. The normalized spacial score (nSPS) is 29.9. The van der Waals surface area contributed by atoms with Crippen LogP contribution in [0.4, 0.5) is 8.78 Å². The van der Waals surface area contributed by atoms with Crippen molar-refractivity contribution < 1.29 is 23.4 Å². The van der Waals surface area contributed by atoms with Crippen LogP contribution in [-0.4, -0.2) is 41.2 Å². The number of nitrogens with zero attached hydrogens (tertiary/aromatic N) is 1. The van der Waals surface area contributed by atoms with Gasteiger partial charge in [0.1, 0.15) is 5.75 Å². The molecule has 3 fully saturated rings. The van der Waals surface area contributed by atoms with Crippen LogP contribution in [0.2, 0.25) is 0 Å². The summed E-state index contributed by atoms with van der Waals surface area (Å²) in [6, 6.07) is 6.88. The molecule has 3 aliphatic rings. The summed E-state index contributed by atoms with van der Waals surface area (Å²) in [5.74, 6) is 1.00. The highest BCUT2D eigenvalue weighted by Gasteiger charge is 2.55. The van der Waals surface area contributed by atoms with Gasteiger partial charge >= 0.3 is 6.61 Å². The summed E-state index contributed by atoms with van der Waals surface area (Å²) in [7, 11) is 0. The van der Waals surface area contributed by atoms with Gasteiger partial charge in [0, 0.05) is 24.4 Å². The topological polar surface area (TPSA) is 49.8 Å². The fourth-order valence-electron chi connectivity index (χ4n) is 5.06. The average Bonchev–Trinajstić information content (AvgIpc) is 2.46. The summed E-state index contributed by atoms with van der Waals surface area (Å²) in [6.07, 6.45) is 4.35. The number of rotatable bonds is 5. The van der Waals surface area contributed by atoms with Crippen molar-refractivity contribution in [2.24, 2.45) is 17.3 Å². The molecular formula is C20H25F2NO3. The van der Waals surface area contributed by atoms with Crippen LogP contribution in [0.25, 0.3) is 0 Å². The lowest BCUT2D eigenvalue weighted by Gasteiger charge is -2.60. The maximum Gasteiger partial charge on any atom is 0.387 e. The lowest BCUT2D eigenvalue weighted by atomic mass is 9.56. The molecule has 4 nitrogen and oxygen atoms in total. The van der Waals surface area contributed by atoms with E-state index in [9.17, 15) is 18.7 Å². The Hall–Kier alpha value is -1.69. The molecule has 26 heavy (non-hydrogen) atoms. The number of hydrogen-bond donors (Lipinski definition) is 1. The number of amides is 1. The van der Waals surface area contributed by atoms with Gasteiger partial charge in [-0.2, -0.15) is 8.78 Å². The molecule has 0 radical (unpaired) electrons. The van der Waals surface area contributed by atoms with E-state index in [2.05, 4.69) is 4.74 Å². The van der Waals surface area contributed by atoms with Crippen LogP contribution in [0, 0.1) is 17.3 Å². The van der Waals surface area contributed by atoms with Crippen LogP contribution in [0.15, 0.2) is 24.3 Å². The molecule has 1 N–H and O–H groups in total. The van der Waals surface area contributed by atoms with Crippen molar-refractivity contribution >= 4 is 5.91 Å². The van der Waals surface area contributed by atoms with Crippen LogP contribution >= 0.6 is 0 Å². The predicted octanol–water partition coefficient (Wildman–Crippen LogP) is 3.23. The van der Waals surface area contributed by atoms with E-state index in [0.717, 1.165) is 37.9 Å². The average molecular weight is 365 g/mol. The molecule has 142 valence electrons. The molecular weight excluding hydrogens is 340 g/mol. The summed E-state index contributed by atoms with van der Waals surface area (Å²) in [6.45, 7) is 0.698. The smallest absolute Gasteiger partial charge is 0.387 e. The zero-order valence-corrected chi connectivity index (χ0v) is 15.0.